The summed E-state index contributed by atoms with van der Waals surface area (Å²) in [6, 6.07) is 1.83. The molecule has 1 aromatic heterocycles. The molecule has 1 heterocycles. The Morgan fingerprint density at radius 1 is 1.50 bits per heavy atom. The minimum absolute atomic E-state index is 0.0446. The van der Waals surface area contributed by atoms with Crippen LogP contribution in [0.15, 0.2) is 21.8 Å². The summed E-state index contributed by atoms with van der Waals surface area (Å²) in [4.78, 5) is 18.2. The Bertz CT molecular complexity index is 380. The van der Waals surface area contributed by atoms with Crippen molar-refractivity contribution < 1.29 is 4.79 Å². The van der Waals surface area contributed by atoms with Crippen LogP contribution in [0.3, 0.4) is 0 Å². The molecule has 0 unspecified atom stereocenters. The topological polar surface area (TPSA) is 33.2 Å². The van der Waals surface area contributed by atoms with Crippen molar-refractivity contribution in [2.24, 2.45) is 0 Å². The molecule has 0 aliphatic heterocycles. The Hall–Kier alpha value is -0.550. The number of hydrogen-bond acceptors (Lipinski definition) is 3. The second-order valence-corrected chi connectivity index (χ2v) is 4.90. The predicted octanol–water partition coefficient (Wildman–Crippen LogP) is 3.05. The first-order valence-electron chi connectivity index (χ1n) is 5.12. The minimum Gasteiger partial charge on any atom is -0.339 e. The summed E-state index contributed by atoms with van der Waals surface area (Å²) in [5.41, 5.74) is 0.672. The van der Waals surface area contributed by atoms with Crippen molar-refractivity contribution in [2.45, 2.75) is 18.9 Å². The lowest BCUT2D eigenvalue weighted by Crippen LogP contribution is -2.31. The highest BCUT2D eigenvalue weighted by Gasteiger charge is 2.17. The first kappa shape index (κ1) is 13.5. The van der Waals surface area contributed by atoms with Crippen molar-refractivity contribution in [3.05, 3.63) is 22.3 Å². The van der Waals surface area contributed by atoms with Crippen LogP contribution in [0, 0.1) is 0 Å². The highest BCUT2D eigenvalue weighted by molar-refractivity contribution is 9.10. The van der Waals surface area contributed by atoms with Gasteiger partial charge in [0.1, 0.15) is 5.03 Å². The standard InChI is InChI=1S/C11H15BrN2OS/c1-4-14(5-2)11(15)9-6-8(12)7-13-10(9)16-3/h6-7H,4-5H2,1-3H3. The van der Waals surface area contributed by atoms with E-state index in [2.05, 4.69) is 20.9 Å². The third kappa shape index (κ3) is 2.98. The van der Waals surface area contributed by atoms with E-state index < -0.39 is 0 Å². The van der Waals surface area contributed by atoms with Crippen LogP contribution in [0.5, 0.6) is 0 Å². The molecule has 0 saturated heterocycles. The van der Waals surface area contributed by atoms with Crippen LogP contribution in [0.1, 0.15) is 24.2 Å². The molecule has 5 heteroatoms. The lowest BCUT2D eigenvalue weighted by molar-refractivity contribution is 0.0768. The number of pyridine rings is 1. The number of thioether (sulfide) groups is 1. The summed E-state index contributed by atoms with van der Waals surface area (Å²) in [5, 5.41) is 0.778. The summed E-state index contributed by atoms with van der Waals surface area (Å²) in [6.07, 6.45) is 3.64. The molecule has 0 aliphatic rings. The number of carbonyl (C=O) groups excluding carboxylic acids is 1. The van der Waals surface area contributed by atoms with E-state index in [1.54, 1.807) is 11.1 Å². The van der Waals surface area contributed by atoms with Crippen molar-refractivity contribution in [3.63, 3.8) is 0 Å². The highest BCUT2D eigenvalue weighted by atomic mass is 79.9. The third-order valence-corrected chi connectivity index (χ3v) is 3.44. The molecular formula is C11H15BrN2OS. The maximum Gasteiger partial charge on any atom is 0.256 e. The number of nitrogens with zero attached hydrogens (tertiary/aromatic N) is 2. The normalized spacial score (nSPS) is 10.2. The van der Waals surface area contributed by atoms with Crippen LogP contribution in [-0.4, -0.2) is 35.1 Å². The molecule has 1 amide bonds. The monoisotopic (exact) mass is 302 g/mol. The van der Waals surface area contributed by atoms with E-state index in [1.807, 2.05) is 26.2 Å². The summed E-state index contributed by atoms with van der Waals surface area (Å²) in [7, 11) is 0. The van der Waals surface area contributed by atoms with Crippen LogP contribution in [-0.2, 0) is 0 Å². The molecule has 16 heavy (non-hydrogen) atoms. The molecule has 0 aliphatic carbocycles. The lowest BCUT2D eigenvalue weighted by atomic mass is 10.2. The molecule has 1 aromatic rings. The van der Waals surface area contributed by atoms with Crippen LogP contribution in [0.25, 0.3) is 0 Å². The van der Waals surface area contributed by atoms with Gasteiger partial charge >= 0.3 is 0 Å². The van der Waals surface area contributed by atoms with Gasteiger partial charge in [0, 0.05) is 23.8 Å². The average Bonchev–Trinajstić information content (AvgIpc) is 2.30. The number of halogens is 1. The summed E-state index contributed by atoms with van der Waals surface area (Å²) < 4.78 is 0.834. The van der Waals surface area contributed by atoms with Crippen molar-refractivity contribution in [2.75, 3.05) is 19.3 Å². The smallest absolute Gasteiger partial charge is 0.256 e. The zero-order valence-corrected chi connectivity index (χ0v) is 12.1. The van der Waals surface area contributed by atoms with Crippen LogP contribution in [0.2, 0.25) is 0 Å². The second-order valence-electron chi connectivity index (χ2n) is 3.19. The predicted molar refractivity (Wildman–Crippen MR) is 71.0 cm³/mol. The second kappa shape index (κ2) is 6.25. The van der Waals surface area contributed by atoms with Gasteiger partial charge in [0.25, 0.3) is 5.91 Å². The van der Waals surface area contributed by atoms with Crippen molar-refractivity contribution in [1.29, 1.82) is 0 Å². The lowest BCUT2D eigenvalue weighted by Gasteiger charge is -2.19. The average molecular weight is 303 g/mol. The van der Waals surface area contributed by atoms with Gasteiger partial charge in [0.15, 0.2) is 0 Å². The molecule has 3 nitrogen and oxygen atoms in total. The molecule has 1 rings (SSSR count). The molecule has 0 N–H and O–H groups in total. The zero-order chi connectivity index (χ0) is 12.1. The summed E-state index contributed by atoms with van der Waals surface area (Å²) >= 11 is 4.84. The quantitative estimate of drug-likeness (QED) is 0.802. The van der Waals surface area contributed by atoms with Gasteiger partial charge in [-0.3, -0.25) is 4.79 Å². The Labute approximate surface area is 109 Å². The molecule has 0 aromatic carbocycles. The van der Waals surface area contributed by atoms with E-state index in [4.69, 9.17) is 0 Å². The third-order valence-electron chi connectivity index (χ3n) is 2.29. The first-order chi connectivity index (χ1) is 7.63. The number of amides is 1. The van der Waals surface area contributed by atoms with E-state index in [1.165, 1.54) is 11.8 Å². The largest absolute Gasteiger partial charge is 0.339 e. The molecule has 0 fully saturated rings. The van der Waals surface area contributed by atoms with E-state index in [9.17, 15) is 4.79 Å². The Morgan fingerprint density at radius 3 is 2.62 bits per heavy atom. The van der Waals surface area contributed by atoms with Gasteiger partial charge in [-0.15, -0.1) is 11.8 Å². The van der Waals surface area contributed by atoms with Gasteiger partial charge in [0.2, 0.25) is 0 Å². The Balaban J connectivity index is 3.10. The van der Waals surface area contributed by atoms with Crippen LogP contribution >= 0.6 is 27.7 Å². The summed E-state index contributed by atoms with van der Waals surface area (Å²) in [5.74, 6) is 0.0446. The molecule has 0 saturated carbocycles. The molecule has 88 valence electrons. The molecule has 0 bridgehead atoms. The summed E-state index contributed by atoms with van der Waals surface area (Å²) in [6.45, 7) is 5.39. The molecule has 0 radical (unpaired) electrons. The van der Waals surface area contributed by atoms with E-state index >= 15 is 0 Å². The van der Waals surface area contributed by atoms with Crippen molar-refractivity contribution in [3.8, 4) is 0 Å². The molecule has 0 atom stereocenters. The van der Waals surface area contributed by atoms with E-state index in [0.717, 1.165) is 22.6 Å². The molecule has 0 spiro atoms. The van der Waals surface area contributed by atoms with Gasteiger partial charge in [0.05, 0.1) is 5.56 Å². The van der Waals surface area contributed by atoms with Gasteiger partial charge in [-0.25, -0.2) is 4.98 Å². The van der Waals surface area contributed by atoms with Gasteiger partial charge in [-0.2, -0.15) is 0 Å². The maximum absolute atomic E-state index is 12.2. The number of hydrogen-bond donors (Lipinski definition) is 0. The van der Waals surface area contributed by atoms with Gasteiger partial charge < -0.3 is 4.90 Å². The number of aromatic nitrogens is 1. The Morgan fingerprint density at radius 2 is 2.12 bits per heavy atom. The Kier molecular flexibility index (Phi) is 5.28. The van der Waals surface area contributed by atoms with Gasteiger partial charge in [-0.1, -0.05) is 0 Å². The highest BCUT2D eigenvalue weighted by Crippen LogP contribution is 2.22. The van der Waals surface area contributed by atoms with E-state index in [-0.39, 0.29) is 5.91 Å². The fraction of sp³-hybridized carbons (Fsp3) is 0.455. The fourth-order valence-corrected chi connectivity index (χ4v) is 2.28. The SMILES string of the molecule is CCN(CC)C(=O)c1cc(Br)cnc1SC. The van der Waals surface area contributed by atoms with Crippen LogP contribution < -0.4 is 0 Å². The maximum atomic E-state index is 12.2. The zero-order valence-electron chi connectivity index (χ0n) is 9.66. The fourth-order valence-electron chi connectivity index (χ4n) is 1.42. The number of carbonyl (C=O) groups is 1. The minimum atomic E-state index is 0.0446. The van der Waals surface area contributed by atoms with Crippen LogP contribution in [0.4, 0.5) is 0 Å². The van der Waals surface area contributed by atoms with Crippen molar-refractivity contribution in [1.82, 2.24) is 9.88 Å². The molecular weight excluding hydrogens is 288 g/mol. The first-order valence-corrected chi connectivity index (χ1v) is 7.14. The van der Waals surface area contributed by atoms with E-state index in [0.29, 0.717) is 5.56 Å². The van der Waals surface area contributed by atoms with Gasteiger partial charge in [-0.05, 0) is 42.1 Å². The number of rotatable bonds is 4. The van der Waals surface area contributed by atoms with Crippen molar-refractivity contribution >= 4 is 33.6 Å².